The highest BCUT2D eigenvalue weighted by atomic mass is 19.3. The van der Waals surface area contributed by atoms with Crippen LogP contribution in [-0.2, 0) is 6.42 Å². The zero-order chi connectivity index (χ0) is 20.5. The molecule has 3 rings (SSSR count). The molecule has 2 N–H and O–H groups in total. The molecule has 0 aliphatic carbocycles. The molecule has 156 valence electrons. The Hall–Kier alpha value is -3.03. The molecule has 1 saturated heterocycles. The molecule has 1 unspecified atom stereocenters. The highest BCUT2D eigenvalue weighted by molar-refractivity contribution is 5.80. The minimum atomic E-state index is -2.84. The molecule has 0 bridgehead atoms. The second-order valence-corrected chi connectivity index (χ2v) is 6.65. The van der Waals surface area contributed by atoms with Crippen molar-refractivity contribution in [3.05, 3.63) is 61.1 Å². The van der Waals surface area contributed by atoms with E-state index in [1.54, 1.807) is 30.5 Å². The van der Waals surface area contributed by atoms with Crippen LogP contribution in [0.1, 0.15) is 12.2 Å². The molecule has 0 saturated carbocycles. The molecule has 0 radical (unpaired) electrons. The number of ether oxygens (including phenoxy) is 1. The number of hydrogen-bond donors (Lipinski definition) is 2. The van der Waals surface area contributed by atoms with Crippen LogP contribution in [0.25, 0.3) is 0 Å². The lowest BCUT2D eigenvalue weighted by atomic mass is 10.2. The molecule has 1 atom stereocenters. The topological polar surface area (TPSA) is 62.0 Å². The van der Waals surface area contributed by atoms with Gasteiger partial charge in [-0.05, 0) is 30.7 Å². The van der Waals surface area contributed by atoms with Gasteiger partial charge in [-0.1, -0.05) is 18.2 Å². The van der Waals surface area contributed by atoms with E-state index >= 15 is 0 Å². The van der Waals surface area contributed by atoms with Gasteiger partial charge in [0.25, 0.3) is 0 Å². The molecule has 0 spiro atoms. The van der Waals surface area contributed by atoms with E-state index in [1.165, 1.54) is 0 Å². The van der Waals surface area contributed by atoms with Crippen molar-refractivity contribution < 1.29 is 17.9 Å². The number of guanidine groups is 1. The molecule has 29 heavy (non-hydrogen) atoms. The van der Waals surface area contributed by atoms with Crippen molar-refractivity contribution in [2.75, 3.05) is 31.1 Å². The Morgan fingerprint density at radius 1 is 1.34 bits per heavy atom. The molecular formula is C21H26F2N4O2. The lowest BCUT2D eigenvalue weighted by Gasteiger charge is -2.22. The van der Waals surface area contributed by atoms with Gasteiger partial charge in [0.05, 0.1) is 12.0 Å². The molecule has 1 aromatic carbocycles. The Labute approximate surface area is 169 Å². The Balaban J connectivity index is 1.59. The summed E-state index contributed by atoms with van der Waals surface area (Å²) in [4.78, 5) is 6.64. The van der Waals surface area contributed by atoms with Crippen LogP contribution in [0.15, 0.2) is 64.7 Å². The first kappa shape index (κ1) is 20.7. The first-order valence-corrected chi connectivity index (χ1v) is 9.62. The molecule has 1 aliphatic heterocycles. The largest absolute Gasteiger partial charge is 0.469 e. The molecule has 1 fully saturated rings. The normalized spacial score (nSPS) is 16.9. The van der Waals surface area contributed by atoms with E-state index in [-0.39, 0.29) is 11.8 Å². The van der Waals surface area contributed by atoms with Crippen LogP contribution >= 0.6 is 0 Å². The van der Waals surface area contributed by atoms with Gasteiger partial charge in [-0.3, -0.25) is 4.99 Å². The summed E-state index contributed by atoms with van der Waals surface area (Å²) >= 11 is 0. The number of rotatable bonds is 9. The van der Waals surface area contributed by atoms with Gasteiger partial charge in [0.2, 0.25) is 0 Å². The van der Waals surface area contributed by atoms with Crippen molar-refractivity contribution in [3.63, 3.8) is 0 Å². The monoisotopic (exact) mass is 404 g/mol. The zero-order valence-electron chi connectivity index (χ0n) is 16.2. The van der Waals surface area contributed by atoms with Gasteiger partial charge in [-0.25, -0.2) is 0 Å². The Morgan fingerprint density at radius 2 is 2.21 bits per heavy atom. The predicted molar refractivity (Wildman–Crippen MR) is 110 cm³/mol. The Bertz CT molecular complexity index is 796. The van der Waals surface area contributed by atoms with Crippen molar-refractivity contribution in [2.24, 2.45) is 4.99 Å². The van der Waals surface area contributed by atoms with Crippen LogP contribution in [0.4, 0.5) is 14.5 Å². The lowest BCUT2D eigenvalue weighted by molar-refractivity contribution is -0.0495. The fraction of sp³-hybridized carbons (Fsp3) is 0.381. The van der Waals surface area contributed by atoms with E-state index in [1.807, 2.05) is 23.1 Å². The number of furan rings is 1. The summed E-state index contributed by atoms with van der Waals surface area (Å²) in [6, 6.07) is 10.8. The average molecular weight is 404 g/mol. The number of nitrogens with one attached hydrogen (secondary N) is 2. The number of nitrogens with zero attached hydrogens (tertiary/aromatic N) is 2. The fourth-order valence-electron chi connectivity index (χ4n) is 3.26. The van der Waals surface area contributed by atoms with Crippen molar-refractivity contribution >= 4 is 11.6 Å². The lowest BCUT2D eigenvalue weighted by Crippen LogP contribution is -2.44. The van der Waals surface area contributed by atoms with E-state index in [9.17, 15) is 8.78 Å². The minimum Gasteiger partial charge on any atom is -0.469 e. The van der Waals surface area contributed by atoms with Crippen LogP contribution in [0, 0.1) is 0 Å². The summed E-state index contributed by atoms with van der Waals surface area (Å²) in [5, 5.41) is 6.64. The molecule has 2 heterocycles. The standard InChI is InChI=1S/C21H26F2N4O2/c1-2-11-24-21(25-12-9-17-6-5-14-28-17)26-16-10-13-27(15-16)18-7-3-4-8-19(18)29-20(22)23/h2-8,14,16,20H,1,9-13,15H2,(H2,24,25,26). The van der Waals surface area contributed by atoms with Crippen LogP contribution in [0.2, 0.25) is 0 Å². The molecular weight excluding hydrogens is 378 g/mol. The van der Waals surface area contributed by atoms with Gasteiger partial charge >= 0.3 is 6.61 Å². The van der Waals surface area contributed by atoms with Crippen LogP contribution in [0.3, 0.4) is 0 Å². The third kappa shape index (κ3) is 6.23. The number of para-hydroxylation sites is 2. The molecule has 1 aromatic heterocycles. The minimum absolute atomic E-state index is 0.134. The highest BCUT2D eigenvalue weighted by Gasteiger charge is 2.26. The van der Waals surface area contributed by atoms with E-state index in [0.29, 0.717) is 37.7 Å². The average Bonchev–Trinajstić information content (AvgIpc) is 3.38. The van der Waals surface area contributed by atoms with Crippen LogP contribution in [-0.4, -0.2) is 44.8 Å². The molecule has 2 aromatic rings. The SMILES string of the molecule is C=CCNC(=NCCc1ccco1)NC1CCN(c2ccccc2OC(F)F)C1. The summed E-state index contributed by atoms with van der Waals surface area (Å²) in [6.07, 6.45) is 4.98. The number of benzene rings is 1. The zero-order valence-corrected chi connectivity index (χ0v) is 16.2. The van der Waals surface area contributed by atoms with Gasteiger partial charge in [0, 0.05) is 38.6 Å². The second kappa shape index (κ2) is 10.5. The van der Waals surface area contributed by atoms with E-state index in [2.05, 4.69) is 26.9 Å². The summed E-state index contributed by atoms with van der Waals surface area (Å²) in [6.45, 7) is 3.46. The van der Waals surface area contributed by atoms with Crippen molar-refractivity contribution in [2.45, 2.75) is 25.5 Å². The smallest absolute Gasteiger partial charge is 0.387 e. The maximum Gasteiger partial charge on any atom is 0.387 e. The maximum atomic E-state index is 12.7. The predicted octanol–water partition coefficient (Wildman–Crippen LogP) is 3.42. The van der Waals surface area contributed by atoms with Crippen molar-refractivity contribution in [3.8, 4) is 5.75 Å². The van der Waals surface area contributed by atoms with Gasteiger partial charge in [-0.2, -0.15) is 8.78 Å². The van der Waals surface area contributed by atoms with Crippen LogP contribution < -0.4 is 20.3 Å². The summed E-state index contributed by atoms with van der Waals surface area (Å²) < 4.78 is 35.4. The number of halogens is 2. The molecule has 8 heteroatoms. The van der Waals surface area contributed by atoms with Crippen LogP contribution in [0.5, 0.6) is 5.75 Å². The quantitative estimate of drug-likeness (QED) is 0.381. The number of aliphatic imine (C=N–C) groups is 1. The number of anilines is 1. The van der Waals surface area contributed by atoms with Gasteiger partial charge in [0.1, 0.15) is 11.5 Å². The van der Waals surface area contributed by atoms with E-state index < -0.39 is 6.61 Å². The van der Waals surface area contributed by atoms with E-state index in [0.717, 1.165) is 18.7 Å². The highest BCUT2D eigenvalue weighted by Crippen LogP contribution is 2.31. The molecule has 0 amide bonds. The molecule has 1 aliphatic rings. The van der Waals surface area contributed by atoms with Crippen molar-refractivity contribution in [1.82, 2.24) is 10.6 Å². The summed E-state index contributed by atoms with van der Waals surface area (Å²) in [7, 11) is 0. The van der Waals surface area contributed by atoms with E-state index in [4.69, 9.17) is 4.42 Å². The first-order chi connectivity index (χ1) is 14.2. The second-order valence-electron chi connectivity index (χ2n) is 6.65. The Kier molecular flexibility index (Phi) is 7.49. The maximum absolute atomic E-state index is 12.7. The Morgan fingerprint density at radius 3 is 2.97 bits per heavy atom. The third-order valence-corrected chi connectivity index (χ3v) is 4.57. The first-order valence-electron chi connectivity index (χ1n) is 9.62. The molecule has 6 nitrogen and oxygen atoms in total. The van der Waals surface area contributed by atoms with Gasteiger partial charge < -0.3 is 24.7 Å². The third-order valence-electron chi connectivity index (χ3n) is 4.57. The number of hydrogen-bond acceptors (Lipinski definition) is 4. The van der Waals surface area contributed by atoms with Gasteiger partial charge in [0.15, 0.2) is 5.96 Å². The van der Waals surface area contributed by atoms with Gasteiger partial charge in [-0.15, -0.1) is 6.58 Å². The number of alkyl halides is 2. The van der Waals surface area contributed by atoms with Crippen molar-refractivity contribution in [1.29, 1.82) is 0 Å². The summed E-state index contributed by atoms with van der Waals surface area (Å²) in [5.74, 6) is 1.78. The fourth-order valence-corrected chi connectivity index (χ4v) is 3.26. The summed E-state index contributed by atoms with van der Waals surface area (Å²) in [5.41, 5.74) is 0.674.